The average Bonchev–Trinajstić information content (AvgIpc) is 2.29. The molecule has 0 saturated heterocycles. The van der Waals surface area contributed by atoms with Crippen LogP contribution in [0.3, 0.4) is 0 Å². The largest absolute Gasteiger partial charge is 0.585 e. The number of nitrogens with zero attached hydrogens (tertiary/aromatic N) is 2. The van der Waals surface area contributed by atoms with Crippen LogP contribution in [-0.4, -0.2) is 26.5 Å². The van der Waals surface area contributed by atoms with Crippen molar-refractivity contribution < 1.29 is 9.35 Å². The van der Waals surface area contributed by atoms with Gasteiger partial charge in [0.2, 0.25) is 0 Å². The van der Waals surface area contributed by atoms with Crippen molar-refractivity contribution in [1.29, 1.82) is 0 Å². The maximum atomic E-state index is 11.6. The predicted molar refractivity (Wildman–Crippen MR) is 64.0 cm³/mol. The topological polar surface area (TPSA) is 104 Å². The first kappa shape index (κ1) is 13.9. The van der Waals surface area contributed by atoms with Crippen LogP contribution in [0.1, 0.15) is 20.3 Å². The van der Waals surface area contributed by atoms with Crippen molar-refractivity contribution in [2.75, 3.05) is 0 Å². The Bertz CT molecular complexity index is 361. The van der Waals surface area contributed by atoms with E-state index in [1.807, 2.05) is 13.8 Å². The summed E-state index contributed by atoms with van der Waals surface area (Å²) < 4.78 is 13.9. The zero-order valence-corrected chi connectivity index (χ0v) is 10.6. The van der Waals surface area contributed by atoms with E-state index < -0.39 is 23.3 Å². The summed E-state index contributed by atoms with van der Waals surface area (Å²) in [5.41, 5.74) is 5.66. The molecule has 1 aromatic rings. The summed E-state index contributed by atoms with van der Waals surface area (Å²) in [5.74, 6) is -0.151. The van der Waals surface area contributed by atoms with Gasteiger partial charge in [0, 0.05) is 12.4 Å². The molecule has 2 unspecified atom stereocenters. The monoisotopic (exact) mass is 256 g/mol. The average molecular weight is 256 g/mol. The number of carbonyl (C=O) groups excluding carboxylic acids is 1. The minimum absolute atomic E-state index is 0.0672. The Morgan fingerprint density at radius 2 is 2.12 bits per heavy atom. The molecular weight excluding hydrogens is 240 g/mol. The smallest absolute Gasteiger partial charge is 0.370 e. The highest BCUT2D eigenvalue weighted by molar-refractivity contribution is 7.89. The van der Waals surface area contributed by atoms with E-state index in [-0.39, 0.29) is 5.16 Å². The highest BCUT2D eigenvalue weighted by Crippen LogP contribution is 2.04. The van der Waals surface area contributed by atoms with E-state index in [4.69, 9.17) is 5.73 Å². The molecule has 3 N–H and O–H groups in total. The van der Waals surface area contributed by atoms with E-state index >= 15 is 0 Å². The van der Waals surface area contributed by atoms with Crippen molar-refractivity contribution in [3.63, 3.8) is 0 Å². The van der Waals surface area contributed by atoms with E-state index in [0.29, 0.717) is 12.3 Å². The molecule has 0 aliphatic heterocycles. The van der Waals surface area contributed by atoms with Crippen LogP contribution in [-0.2, 0) is 16.2 Å². The van der Waals surface area contributed by atoms with Gasteiger partial charge in [-0.3, -0.25) is 4.79 Å². The van der Waals surface area contributed by atoms with Crippen molar-refractivity contribution in [2.24, 2.45) is 11.7 Å². The van der Waals surface area contributed by atoms with Crippen LogP contribution in [0.5, 0.6) is 0 Å². The number of amides is 1. The Kier molecular flexibility index (Phi) is 5.33. The maximum Gasteiger partial charge on any atom is 0.370 e. The molecule has 1 heterocycles. The van der Waals surface area contributed by atoms with Crippen molar-refractivity contribution in [2.45, 2.75) is 31.5 Å². The van der Waals surface area contributed by atoms with Crippen LogP contribution >= 0.6 is 0 Å². The van der Waals surface area contributed by atoms with Gasteiger partial charge in [-0.05, 0) is 18.4 Å². The van der Waals surface area contributed by atoms with Gasteiger partial charge in [-0.1, -0.05) is 13.8 Å². The van der Waals surface area contributed by atoms with Gasteiger partial charge in [-0.15, -0.1) is 0 Å². The Hall–Kier alpha value is -1.18. The molecule has 17 heavy (non-hydrogen) atoms. The summed E-state index contributed by atoms with van der Waals surface area (Å²) in [5, 5.41) is 0.0672. The van der Waals surface area contributed by atoms with Crippen LogP contribution in [0, 0.1) is 5.92 Å². The maximum absolute atomic E-state index is 11.6. The SMILES string of the molecule is CC(C)CC(N)C(=O)N[S+]([O-])c1ncccn1. The van der Waals surface area contributed by atoms with Gasteiger partial charge in [0.25, 0.3) is 5.91 Å². The summed E-state index contributed by atoms with van der Waals surface area (Å²) in [6.07, 6.45) is 3.46. The Morgan fingerprint density at radius 3 is 2.65 bits per heavy atom. The Balaban J connectivity index is 2.51. The summed E-state index contributed by atoms with van der Waals surface area (Å²) in [4.78, 5) is 19.1. The highest BCUT2D eigenvalue weighted by Gasteiger charge is 2.23. The number of aromatic nitrogens is 2. The van der Waals surface area contributed by atoms with Gasteiger partial charge in [0.05, 0.1) is 6.04 Å². The normalized spacial score (nSPS) is 14.4. The van der Waals surface area contributed by atoms with Crippen LogP contribution in [0.4, 0.5) is 0 Å². The fourth-order valence-electron chi connectivity index (χ4n) is 1.21. The molecule has 0 aromatic carbocycles. The summed E-state index contributed by atoms with van der Waals surface area (Å²) >= 11 is -1.75. The molecule has 1 rings (SSSR count). The first-order chi connectivity index (χ1) is 8.00. The second-order valence-electron chi connectivity index (χ2n) is 4.00. The molecule has 1 aromatic heterocycles. The summed E-state index contributed by atoms with van der Waals surface area (Å²) in [6, 6.07) is 0.940. The van der Waals surface area contributed by atoms with Gasteiger partial charge in [-0.25, -0.2) is 0 Å². The Morgan fingerprint density at radius 1 is 1.53 bits per heavy atom. The van der Waals surface area contributed by atoms with Crippen LogP contribution in [0.2, 0.25) is 0 Å². The third-order valence-electron chi connectivity index (χ3n) is 1.96. The van der Waals surface area contributed by atoms with Crippen LogP contribution in [0.15, 0.2) is 23.6 Å². The molecule has 0 spiro atoms. The van der Waals surface area contributed by atoms with Crippen molar-refractivity contribution in [1.82, 2.24) is 14.7 Å². The fraction of sp³-hybridized carbons (Fsp3) is 0.500. The molecular formula is C10H16N4O2S. The molecule has 94 valence electrons. The molecule has 0 fully saturated rings. The van der Waals surface area contributed by atoms with Gasteiger partial charge in [0.1, 0.15) is 0 Å². The lowest BCUT2D eigenvalue weighted by Gasteiger charge is -2.14. The number of hydrogen-bond acceptors (Lipinski definition) is 5. The van der Waals surface area contributed by atoms with Crippen LogP contribution in [0.25, 0.3) is 0 Å². The molecule has 0 aliphatic rings. The van der Waals surface area contributed by atoms with E-state index in [1.165, 1.54) is 12.4 Å². The van der Waals surface area contributed by atoms with E-state index in [0.717, 1.165) is 0 Å². The van der Waals surface area contributed by atoms with E-state index in [1.54, 1.807) is 6.07 Å². The standard InChI is InChI=1S/C10H16N4O2S/c1-7(2)6-8(11)9(15)14-17(16)10-12-4-3-5-13-10/h3-5,7-8H,6,11H2,1-2H3,(H,14,15). The number of nitrogens with one attached hydrogen (secondary N) is 1. The molecule has 0 bridgehead atoms. The second kappa shape index (κ2) is 6.53. The Labute approximate surface area is 103 Å². The fourth-order valence-corrected chi connectivity index (χ4v) is 1.95. The molecule has 6 nitrogen and oxygen atoms in total. The molecule has 7 heteroatoms. The molecule has 1 amide bonds. The molecule has 0 aliphatic carbocycles. The first-order valence-electron chi connectivity index (χ1n) is 5.25. The van der Waals surface area contributed by atoms with E-state index in [2.05, 4.69) is 14.7 Å². The first-order valence-corrected chi connectivity index (χ1v) is 6.40. The number of nitrogens with two attached hydrogens (primary N) is 1. The third kappa shape index (κ3) is 4.68. The summed E-state index contributed by atoms with van der Waals surface area (Å²) in [7, 11) is 0. The van der Waals surface area contributed by atoms with Gasteiger partial charge in [-0.2, -0.15) is 14.7 Å². The highest BCUT2D eigenvalue weighted by atomic mass is 32.2. The molecule has 0 radical (unpaired) electrons. The van der Waals surface area contributed by atoms with Crippen molar-refractivity contribution >= 4 is 17.3 Å². The lowest BCUT2D eigenvalue weighted by Crippen LogP contribution is -2.44. The van der Waals surface area contributed by atoms with Gasteiger partial charge in [0.15, 0.2) is 11.4 Å². The quantitative estimate of drug-likeness (QED) is 0.569. The second-order valence-corrected chi connectivity index (χ2v) is 5.11. The van der Waals surface area contributed by atoms with E-state index in [9.17, 15) is 9.35 Å². The van der Waals surface area contributed by atoms with Gasteiger partial charge < -0.3 is 10.3 Å². The van der Waals surface area contributed by atoms with Crippen LogP contribution < -0.4 is 10.5 Å². The number of carbonyl (C=O) groups is 1. The third-order valence-corrected chi connectivity index (χ3v) is 2.89. The zero-order chi connectivity index (χ0) is 12.8. The van der Waals surface area contributed by atoms with Crippen molar-refractivity contribution in [3.8, 4) is 0 Å². The summed E-state index contributed by atoms with van der Waals surface area (Å²) in [6.45, 7) is 3.93. The molecule has 2 atom stereocenters. The lowest BCUT2D eigenvalue weighted by molar-refractivity contribution is -0.120. The van der Waals surface area contributed by atoms with Gasteiger partial charge >= 0.3 is 5.16 Å². The predicted octanol–water partition coefficient (Wildman–Crippen LogP) is -0.0112. The number of hydrogen-bond donors (Lipinski definition) is 2. The number of rotatable bonds is 5. The lowest BCUT2D eigenvalue weighted by atomic mass is 10.0. The minimum atomic E-state index is -1.75. The zero-order valence-electron chi connectivity index (χ0n) is 9.79. The minimum Gasteiger partial charge on any atom is -0.585 e. The molecule has 0 saturated carbocycles. The van der Waals surface area contributed by atoms with Crippen molar-refractivity contribution in [3.05, 3.63) is 18.5 Å².